The fourth-order valence-corrected chi connectivity index (χ4v) is 3.30. The summed E-state index contributed by atoms with van der Waals surface area (Å²) >= 11 is 0. The highest BCUT2D eigenvalue weighted by Crippen LogP contribution is 2.24. The number of pyridine rings is 1. The number of rotatable bonds is 7. The zero-order chi connectivity index (χ0) is 17.5. The lowest BCUT2D eigenvalue weighted by molar-refractivity contribution is -0.121. The summed E-state index contributed by atoms with van der Waals surface area (Å²) in [5, 5.41) is 3.05. The Labute approximate surface area is 148 Å². The molecule has 1 aromatic heterocycles. The molecule has 1 fully saturated rings. The highest BCUT2D eigenvalue weighted by molar-refractivity contribution is 5.76. The van der Waals surface area contributed by atoms with Crippen LogP contribution in [0.2, 0.25) is 0 Å². The van der Waals surface area contributed by atoms with E-state index in [0.717, 1.165) is 24.2 Å². The lowest BCUT2D eigenvalue weighted by atomic mass is 10.1. The molecule has 0 spiro atoms. The van der Waals surface area contributed by atoms with E-state index >= 15 is 0 Å². The predicted octanol–water partition coefficient (Wildman–Crippen LogP) is 3.11. The van der Waals surface area contributed by atoms with Crippen LogP contribution in [0.15, 0.2) is 48.8 Å². The standard InChI is InChI=1S/C20H24FN3O/c21-18-6-4-17(5-7-18)19(24-13-1-2-14-24)15-23-20(25)8-3-16-9-11-22-12-10-16/h4-7,9-12,19H,1-3,8,13-15H2,(H,23,25). The SMILES string of the molecule is O=C(CCc1ccncc1)NCC(c1ccc(F)cc1)N1CCCC1. The van der Waals surface area contributed by atoms with Gasteiger partial charge in [0.25, 0.3) is 0 Å². The van der Waals surface area contributed by atoms with Crippen LogP contribution in [0.3, 0.4) is 0 Å². The normalized spacial score (nSPS) is 15.9. The van der Waals surface area contributed by atoms with Gasteiger partial charge >= 0.3 is 0 Å². The van der Waals surface area contributed by atoms with E-state index in [9.17, 15) is 9.18 Å². The molecule has 0 saturated carbocycles. The van der Waals surface area contributed by atoms with Crippen molar-refractivity contribution >= 4 is 5.91 Å². The monoisotopic (exact) mass is 341 g/mol. The van der Waals surface area contributed by atoms with Crippen LogP contribution >= 0.6 is 0 Å². The first-order chi connectivity index (χ1) is 12.2. The van der Waals surface area contributed by atoms with Crippen LogP contribution < -0.4 is 5.32 Å². The van der Waals surface area contributed by atoms with E-state index in [1.165, 1.54) is 25.0 Å². The quantitative estimate of drug-likeness (QED) is 0.842. The van der Waals surface area contributed by atoms with Crippen molar-refractivity contribution in [3.63, 3.8) is 0 Å². The fraction of sp³-hybridized carbons (Fsp3) is 0.400. The maximum absolute atomic E-state index is 13.2. The van der Waals surface area contributed by atoms with E-state index in [1.807, 2.05) is 24.3 Å². The van der Waals surface area contributed by atoms with Gasteiger partial charge in [-0.05, 0) is 67.7 Å². The molecular weight excluding hydrogens is 317 g/mol. The van der Waals surface area contributed by atoms with Gasteiger partial charge in [-0.25, -0.2) is 4.39 Å². The molecule has 1 aromatic carbocycles. The summed E-state index contributed by atoms with van der Waals surface area (Å²) in [6, 6.07) is 10.6. The van der Waals surface area contributed by atoms with E-state index in [4.69, 9.17) is 0 Å². The highest BCUT2D eigenvalue weighted by Gasteiger charge is 2.23. The zero-order valence-electron chi connectivity index (χ0n) is 14.3. The Bertz CT molecular complexity index is 669. The summed E-state index contributed by atoms with van der Waals surface area (Å²) in [7, 11) is 0. The van der Waals surface area contributed by atoms with Crippen molar-refractivity contribution in [1.82, 2.24) is 15.2 Å². The summed E-state index contributed by atoms with van der Waals surface area (Å²) < 4.78 is 13.2. The summed E-state index contributed by atoms with van der Waals surface area (Å²) in [4.78, 5) is 18.6. The minimum atomic E-state index is -0.231. The van der Waals surface area contributed by atoms with Crippen LogP contribution in [-0.4, -0.2) is 35.4 Å². The first-order valence-corrected chi connectivity index (χ1v) is 8.87. The number of aryl methyl sites for hydroxylation is 1. The maximum atomic E-state index is 13.2. The molecule has 1 amide bonds. The molecule has 5 heteroatoms. The fourth-order valence-electron chi connectivity index (χ4n) is 3.30. The van der Waals surface area contributed by atoms with E-state index in [1.54, 1.807) is 12.4 Å². The van der Waals surface area contributed by atoms with Crippen LogP contribution in [0, 0.1) is 5.82 Å². The Hall–Kier alpha value is -2.27. The number of hydrogen-bond donors (Lipinski definition) is 1. The summed E-state index contributed by atoms with van der Waals surface area (Å²) in [5.74, 6) is -0.187. The minimum absolute atomic E-state index is 0.0446. The van der Waals surface area contributed by atoms with Crippen molar-refractivity contribution in [1.29, 1.82) is 0 Å². The number of carbonyl (C=O) groups excluding carboxylic acids is 1. The minimum Gasteiger partial charge on any atom is -0.354 e. The van der Waals surface area contributed by atoms with Gasteiger partial charge in [-0.2, -0.15) is 0 Å². The first-order valence-electron chi connectivity index (χ1n) is 8.87. The van der Waals surface area contributed by atoms with Crippen molar-refractivity contribution in [2.45, 2.75) is 31.7 Å². The van der Waals surface area contributed by atoms with Gasteiger partial charge in [-0.1, -0.05) is 12.1 Å². The molecule has 1 saturated heterocycles. The Balaban J connectivity index is 1.56. The number of nitrogens with zero attached hydrogens (tertiary/aromatic N) is 2. The number of carbonyl (C=O) groups is 1. The molecule has 2 heterocycles. The van der Waals surface area contributed by atoms with E-state index in [-0.39, 0.29) is 17.8 Å². The number of amides is 1. The molecule has 2 aromatic rings. The third-order valence-electron chi connectivity index (χ3n) is 4.72. The molecule has 1 aliphatic heterocycles. The molecule has 25 heavy (non-hydrogen) atoms. The number of nitrogens with one attached hydrogen (secondary N) is 1. The maximum Gasteiger partial charge on any atom is 0.220 e. The van der Waals surface area contributed by atoms with Crippen LogP contribution in [0.1, 0.15) is 36.4 Å². The molecule has 0 aliphatic carbocycles. The van der Waals surface area contributed by atoms with Crippen molar-refractivity contribution in [3.05, 3.63) is 65.7 Å². The van der Waals surface area contributed by atoms with E-state index in [0.29, 0.717) is 19.4 Å². The van der Waals surface area contributed by atoms with Crippen LogP contribution in [0.5, 0.6) is 0 Å². The summed E-state index contributed by atoms with van der Waals surface area (Å²) in [5.41, 5.74) is 2.16. The molecule has 132 valence electrons. The molecule has 1 aliphatic rings. The molecule has 1 atom stereocenters. The average Bonchev–Trinajstić information content (AvgIpc) is 3.17. The predicted molar refractivity (Wildman–Crippen MR) is 95.5 cm³/mol. The Morgan fingerprint density at radius 1 is 1.12 bits per heavy atom. The Morgan fingerprint density at radius 3 is 2.48 bits per heavy atom. The molecular formula is C20H24FN3O. The van der Waals surface area contributed by atoms with Gasteiger partial charge in [0.15, 0.2) is 0 Å². The van der Waals surface area contributed by atoms with Crippen molar-refractivity contribution in [2.75, 3.05) is 19.6 Å². The molecule has 4 nitrogen and oxygen atoms in total. The Kier molecular flexibility index (Phi) is 6.12. The van der Waals surface area contributed by atoms with Gasteiger partial charge in [0, 0.05) is 25.4 Å². The van der Waals surface area contributed by atoms with Gasteiger partial charge in [0.05, 0.1) is 6.04 Å². The Morgan fingerprint density at radius 2 is 1.80 bits per heavy atom. The number of hydrogen-bond acceptors (Lipinski definition) is 3. The van der Waals surface area contributed by atoms with Crippen LogP contribution in [0.25, 0.3) is 0 Å². The van der Waals surface area contributed by atoms with E-state index in [2.05, 4.69) is 15.2 Å². The summed E-state index contributed by atoms with van der Waals surface area (Å²) in [6.45, 7) is 2.60. The molecule has 0 radical (unpaired) electrons. The zero-order valence-corrected chi connectivity index (χ0v) is 14.3. The molecule has 0 bridgehead atoms. The molecule has 3 rings (SSSR count). The second-order valence-corrected chi connectivity index (χ2v) is 6.47. The van der Waals surface area contributed by atoms with Crippen LogP contribution in [-0.2, 0) is 11.2 Å². The molecule has 1 N–H and O–H groups in total. The van der Waals surface area contributed by atoms with E-state index < -0.39 is 0 Å². The number of likely N-dealkylation sites (tertiary alicyclic amines) is 1. The second kappa shape index (κ2) is 8.72. The number of benzene rings is 1. The van der Waals surface area contributed by atoms with Crippen molar-refractivity contribution in [2.24, 2.45) is 0 Å². The lowest BCUT2D eigenvalue weighted by Gasteiger charge is -2.28. The average molecular weight is 341 g/mol. The van der Waals surface area contributed by atoms with Crippen molar-refractivity contribution in [3.8, 4) is 0 Å². The third kappa shape index (κ3) is 5.10. The third-order valence-corrected chi connectivity index (χ3v) is 4.72. The summed E-state index contributed by atoms with van der Waals surface area (Å²) in [6.07, 6.45) is 7.00. The number of aromatic nitrogens is 1. The van der Waals surface area contributed by atoms with Gasteiger partial charge in [-0.3, -0.25) is 14.7 Å². The topological polar surface area (TPSA) is 45.2 Å². The second-order valence-electron chi connectivity index (χ2n) is 6.47. The smallest absolute Gasteiger partial charge is 0.220 e. The molecule has 1 unspecified atom stereocenters. The van der Waals surface area contributed by atoms with Gasteiger partial charge in [0.1, 0.15) is 5.82 Å². The van der Waals surface area contributed by atoms with Crippen molar-refractivity contribution < 1.29 is 9.18 Å². The lowest BCUT2D eigenvalue weighted by Crippen LogP contribution is -2.36. The van der Waals surface area contributed by atoms with Gasteiger partial charge in [0.2, 0.25) is 5.91 Å². The largest absolute Gasteiger partial charge is 0.354 e. The van der Waals surface area contributed by atoms with Gasteiger partial charge < -0.3 is 5.32 Å². The number of halogens is 1. The van der Waals surface area contributed by atoms with Gasteiger partial charge in [-0.15, -0.1) is 0 Å². The highest BCUT2D eigenvalue weighted by atomic mass is 19.1. The van der Waals surface area contributed by atoms with Crippen LogP contribution in [0.4, 0.5) is 4.39 Å². The first kappa shape index (κ1) is 17.5.